The summed E-state index contributed by atoms with van der Waals surface area (Å²) < 4.78 is 0. The molecule has 3 aromatic carbocycles. The Hall–Kier alpha value is -8.12. The van der Waals surface area contributed by atoms with Crippen LogP contribution < -0.4 is 48.3 Å². The van der Waals surface area contributed by atoms with Crippen molar-refractivity contribution in [2.75, 3.05) is 19.7 Å². The van der Waals surface area contributed by atoms with Crippen molar-refractivity contribution in [1.29, 1.82) is 0 Å². The molecule has 0 saturated heterocycles. The van der Waals surface area contributed by atoms with Crippen LogP contribution in [0.25, 0.3) is 0 Å². The number of carboxylic acid groups (broad SMARTS) is 2. The summed E-state index contributed by atoms with van der Waals surface area (Å²) in [5.41, 5.74) is 7.22. The molecule has 0 aliphatic rings. The predicted molar refractivity (Wildman–Crippen MR) is 256 cm³/mol. The standard InChI is InChI=1S/C48H63N9O15/c1-4-26(2)41(57-39(62)24-50-43(66)33(49)18-19-40(63)64)47(70)55-34(21-29-10-14-31(59)15-11-29)44(67)51-23-38(61)53-37(25-58)46(69)54-35(20-28-8-6-5-7-9-28)45(68)52-27(3)42(65)56-36(48(71)72)22-30-12-16-32(60)17-13-30/h5-17,26-27,33-37,41,58-60H,4,18-25,49H2,1-3H3,(H,50,66)(H,51,67)(H,52,68)(H,53,61)(H,54,69)(H,55,70)(H,56,65)(H,57,62)(H,63,64)(H,71,72)/t26-,27-,33-,34-,35-,36-,37-,41-/m0/s1. The quantitative estimate of drug-likeness (QED) is 0.0345. The summed E-state index contributed by atoms with van der Waals surface area (Å²) in [6.45, 7) is 2.29. The molecule has 0 bridgehead atoms. The fourth-order valence-corrected chi connectivity index (χ4v) is 6.78. The first kappa shape index (κ1) is 58.2. The molecule has 72 heavy (non-hydrogen) atoms. The van der Waals surface area contributed by atoms with Crippen LogP contribution in [0.5, 0.6) is 11.5 Å². The second kappa shape index (κ2) is 29.2. The van der Waals surface area contributed by atoms with E-state index in [0.717, 1.165) is 0 Å². The largest absolute Gasteiger partial charge is 0.508 e. The fraction of sp³-hybridized carbons (Fsp3) is 0.417. The van der Waals surface area contributed by atoms with Gasteiger partial charge in [0.05, 0.1) is 25.7 Å². The topological polar surface area (TPSA) is 394 Å². The SMILES string of the molecule is CC[C@H](C)[C@H](NC(=O)CNC(=O)[C@@H](N)CCC(=O)O)C(=O)N[C@@H](Cc1ccc(O)cc1)C(=O)NCC(=O)N[C@@H](CO)C(=O)N[C@@H](Cc1ccccc1)C(=O)N[C@@H](C)C(=O)N[C@@H](Cc1ccc(O)cc1)C(=O)O. The van der Waals surface area contributed by atoms with Crippen molar-refractivity contribution in [3.63, 3.8) is 0 Å². The highest BCUT2D eigenvalue weighted by Crippen LogP contribution is 2.15. The maximum Gasteiger partial charge on any atom is 0.326 e. The number of hydrogen-bond donors (Lipinski definition) is 14. The molecular formula is C48H63N9O15. The third kappa shape index (κ3) is 20.1. The number of carboxylic acids is 2. The van der Waals surface area contributed by atoms with Gasteiger partial charge in [-0.15, -0.1) is 0 Å². The number of hydrogen-bond acceptors (Lipinski definition) is 14. The lowest BCUT2D eigenvalue weighted by Gasteiger charge is -2.27. The molecule has 0 radical (unpaired) electrons. The summed E-state index contributed by atoms with van der Waals surface area (Å²) in [4.78, 5) is 129. The molecule has 8 amide bonds. The van der Waals surface area contributed by atoms with Crippen molar-refractivity contribution in [2.24, 2.45) is 11.7 Å². The number of amides is 8. The Balaban J connectivity index is 1.70. The fourth-order valence-electron chi connectivity index (χ4n) is 6.78. The Morgan fingerprint density at radius 3 is 1.50 bits per heavy atom. The highest BCUT2D eigenvalue weighted by atomic mass is 16.4. The van der Waals surface area contributed by atoms with Crippen molar-refractivity contribution in [3.8, 4) is 11.5 Å². The number of carbonyl (C=O) groups is 10. The van der Waals surface area contributed by atoms with Gasteiger partial charge in [0.2, 0.25) is 47.3 Å². The summed E-state index contributed by atoms with van der Waals surface area (Å²) in [5.74, 6) is -10.3. The zero-order valence-corrected chi connectivity index (χ0v) is 39.9. The van der Waals surface area contributed by atoms with Crippen LogP contribution in [-0.2, 0) is 67.2 Å². The molecule has 0 aliphatic heterocycles. The molecule has 3 aromatic rings. The van der Waals surface area contributed by atoms with Crippen LogP contribution in [0.2, 0.25) is 0 Å². The lowest BCUT2D eigenvalue weighted by atomic mass is 9.97. The van der Waals surface area contributed by atoms with E-state index in [-0.39, 0.29) is 43.6 Å². The summed E-state index contributed by atoms with van der Waals surface area (Å²) in [5, 5.41) is 67.5. The van der Waals surface area contributed by atoms with E-state index in [2.05, 4.69) is 42.5 Å². The molecule has 0 aliphatic carbocycles. The van der Waals surface area contributed by atoms with Gasteiger partial charge in [0.25, 0.3) is 0 Å². The number of phenols is 2. The van der Waals surface area contributed by atoms with Crippen LogP contribution in [0, 0.1) is 5.92 Å². The first-order chi connectivity index (χ1) is 34.1. The van der Waals surface area contributed by atoms with Gasteiger partial charge in [-0.25, -0.2) is 4.79 Å². The van der Waals surface area contributed by atoms with Crippen molar-refractivity contribution in [3.05, 3.63) is 95.6 Å². The van der Waals surface area contributed by atoms with Gasteiger partial charge in [-0.2, -0.15) is 0 Å². The number of aliphatic carboxylic acids is 2. The smallest absolute Gasteiger partial charge is 0.326 e. The average molecular weight is 1010 g/mol. The van der Waals surface area contributed by atoms with Crippen molar-refractivity contribution < 1.29 is 73.5 Å². The van der Waals surface area contributed by atoms with Crippen LogP contribution in [0.3, 0.4) is 0 Å². The first-order valence-corrected chi connectivity index (χ1v) is 22.9. The molecule has 8 atom stereocenters. The molecule has 0 unspecified atom stereocenters. The van der Waals surface area contributed by atoms with Gasteiger partial charge in [0, 0.05) is 25.7 Å². The maximum atomic E-state index is 13.8. The first-order valence-electron chi connectivity index (χ1n) is 22.9. The zero-order valence-electron chi connectivity index (χ0n) is 39.9. The lowest BCUT2D eigenvalue weighted by Crippen LogP contribution is -2.59. The summed E-state index contributed by atoms with van der Waals surface area (Å²) in [7, 11) is 0. The molecule has 0 heterocycles. The molecule has 0 spiro atoms. The molecule has 390 valence electrons. The number of aliphatic hydroxyl groups excluding tert-OH is 1. The van der Waals surface area contributed by atoms with E-state index >= 15 is 0 Å². The number of nitrogens with one attached hydrogen (secondary N) is 8. The Bertz CT molecular complexity index is 2350. The van der Waals surface area contributed by atoms with Crippen LogP contribution >= 0.6 is 0 Å². The minimum Gasteiger partial charge on any atom is -0.508 e. The number of rotatable bonds is 29. The summed E-state index contributed by atoms with van der Waals surface area (Å²) >= 11 is 0. The minimum atomic E-state index is -1.69. The van der Waals surface area contributed by atoms with E-state index in [1.165, 1.54) is 55.5 Å². The van der Waals surface area contributed by atoms with Crippen molar-refractivity contribution in [1.82, 2.24) is 42.5 Å². The predicted octanol–water partition coefficient (Wildman–Crippen LogP) is -2.40. The van der Waals surface area contributed by atoms with Gasteiger partial charge < -0.3 is 73.8 Å². The van der Waals surface area contributed by atoms with E-state index in [9.17, 15) is 68.4 Å². The number of carbonyl (C=O) groups excluding carboxylic acids is 8. The van der Waals surface area contributed by atoms with E-state index < -0.39 is 127 Å². The van der Waals surface area contributed by atoms with E-state index in [0.29, 0.717) is 23.1 Å². The van der Waals surface area contributed by atoms with Gasteiger partial charge >= 0.3 is 11.9 Å². The highest BCUT2D eigenvalue weighted by Gasteiger charge is 2.33. The third-order valence-electron chi connectivity index (χ3n) is 11.2. The molecule has 24 nitrogen and oxygen atoms in total. The number of benzene rings is 3. The van der Waals surface area contributed by atoms with Gasteiger partial charge in [0.1, 0.15) is 47.8 Å². The van der Waals surface area contributed by atoms with E-state index in [1.807, 2.05) is 0 Å². The molecule has 15 N–H and O–H groups in total. The van der Waals surface area contributed by atoms with E-state index in [4.69, 9.17) is 10.8 Å². The molecule has 0 aromatic heterocycles. The zero-order chi connectivity index (χ0) is 53.5. The van der Waals surface area contributed by atoms with Crippen molar-refractivity contribution in [2.45, 2.75) is 102 Å². The van der Waals surface area contributed by atoms with Crippen LogP contribution in [0.15, 0.2) is 78.9 Å². The molecule has 0 fully saturated rings. The number of phenolic OH excluding ortho intramolecular Hbond substituents is 2. The second-order valence-electron chi connectivity index (χ2n) is 16.9. The normalized spacial score (nSPS) is 14.2. The van der Waals surface area contributed by atoms with Crippen LogP contribution in [0.4, 0.5) is 0 Å². The molecule has 24 heteroatoms. The number of nitrogens with two attached hydrogens (primary N) is 1. The second-order valence-corrected chi connectivity index (χ2v) is 16.9. The van der Waals surface area contributed by atoms with Gasteiger partial charge in [-0.3, -0.25) is 43.2 Å². The van der Waals surface area contributed by atoms with Crippen LogP contribution in [0.1, 0.15) is 56.7 Å². The van der Waals surface area contributed by atoms with Gasteiger partial charge in [-0.05, 0) is 60.2 Å². The number of aromatic hydroxyl groups is 2. The lowest BCUT2D eigenvalue weighted by molar-refractivity contribution is -0.142. The molecular weight excluding hydrogens is 943 g/mol. The summed E-state index contributed by atoms with van der Waals surface area (Å²) in [6.07, 6.45) is -0.658. The number of aliphatic hydroxyl groups is 1. The Morgan fingerprint density at radius 2 is 0.986 bits per heavy atom. The Kier molecular flexibility index (Phi) is 23.6. The van der Waals surface area contributed by atoms with E-state index in [1.54, 1.807) is 44.2 Å². The van der Waals surface area contributed by atoms with Crippen LogP contribution in [-0.4, -0.2) is 147 Å². The highest BCUT2D eigenvalue weighted by molar-refractivity contribution is 5.97. The average Bonchev–Trinajstić information content (AvgIpc) is 3.35. The van der Waals surface area contributed by atoms with Gasteiger partial charge in [0.15, 0.2) is 0 Å². The van der Waals surface area contributed by atoms with Gasteiger partial charge in [-0.1, -0.05) is 74.9 Å². The molecule has 0 saturated carbocycles. The monoisotopic (exact) mass is 1010 g/mol. The molecule has 3 rings (SSSR count). The third-order valence-corrected chi connectivity index (χ3v) is 11.2. The summed E-state index contributed by atoms with van der Waals surface area (Å²) in [6, 6.07) is 10.0. The Labute approximate surface area is 414 Å². The Morgan fingerprint density at radius 1 is 0.528 bits per heavy atom. The maximum absolute atomic E-state index is 13.8. The van der Waals surface area contributed by atoms with Crippen molar-refractivity contribution >= 4 is 59.2 Å². The minimum absolute atomic E-state index is 0.0416.